The van der Waals surface area contributed by atoms with Gasteiger partial charge < -0.3 is 25.8 Å². The van der Waals surface area contributed by atoms with E-state index in [2.05, 4.69) is 56.9 Å². The number of carbonyl (C=O) groups excluding carboxylic acids is 1. The van der Waals surface area contributed by atoms with E-state index in [0.29, 0.717) is 18.4 Å². The number of nitrogens with zero attached hydrogens (tertiary/aromatic N) is 5. The van der Waals surface area contributed by atoms with E-state index in [1.165, 1.54) is 24.8 Å². The highest BCUT2D eigenvalue weighted by Crippen LogP contribution is 2.42. The summed E-state index contributed by atoms with van der Waals surface area (Å²) >= 11 is 0. The summed E-state index contributed by atoms with van der Waals surface area (Å²) in [5, 5.41) is 9.80. The molecule has 2 aromatic heterocycles. The molecule has 0 bridgehead atoms. The quantitative estimate of drug-likeness (QED) is 0.387. The average molecular weight is 467 g/mol. The summed E-state index contributed by atoms with van der Waals surface area (Å²) in [6.45, 7) is 3.34. The first-order chi connectivity index (χ1) is 16.5. The van der Waals surface area contributed by atoms with Crippen LogP contribution in [0.15, 0.2) is 24.5 Å². The van der Waals surface area contributed by atoms with Gasteiger partial charge in [0.15, 0.2) is 0 Å². The molecule has 2 heterocycles. The molecule has 0 saturated heterocycles. The Labute approximate surface area is 202 Å². The van der Waals surface area contributed by atoms with Crippen LogP contribution in [-0.2, 0) is 4.79 Å². The molecule has 3 N–H and O–H groups in total. The highest BCUT2D eigenvalue weighted by Gasteiger charge is 2.28. The van der Waals surface area contributed by atoms with Crippen molar-refractivity contribution in [2.45, 2.75) is 44.4 Å². The largest absolute Gasteiger partial charge is 0.370 e. The third-order valence-electron chi connectivity index (χ3n) is 6.53. The van der Waals surface area contributed by atoms with E-state index in [1.54, 1.807) is 0 Å². The third kappa shape index (κ3) is 6.79. The van der Waals surface area contributed by atoms with Crippen molar-refractivity contribution in [3.05, 3.63) is 30.1 Å². The molecule has 0 aromatic carbocycles. The van der Waals surface area contributed by atoms with Crippen LogP contribution >= 0.6 is 0 Å². The maximum Gasteiger partial charge on any atom is 0.229 e. The van der Waals surface area contributed by atoms with Crippen LogP contribution in [0.4, 0.5) is 23.3 Å². The van der Waals surface area contributed by atoms with Crippen LogP contribution in [0.5, 0.6) is 0 Å². The van der Waals surface area contributed by atoms with Crippen LogP contribution in [0.2, 0.25) is 0 Å². The van der Waals surface area contributed by atoms with Crippen molar-refractivity contribution in [1.29, 1.82) is 0 Å². The molecule has 0 spiro atoms. The maximum atomic E-state index is 12.0. The van der Waals surface area contributed by atoms with E-state index in [9.17, 15) is 4.79 Å². The van der Waals surface area contributed by atoms with Crippen LogP contribution in [0, 0.1) is 5.92 Å². The highest BCUT2D eigenvalue weighted by atomic mass is 16.1. The number of nitrogens with one attached hydrogen (secondary N) is 3. The van der Waals surface area contributed by atoms with E-state index >= 15 is 0 Å². The van der Waals surface area contributed by atoms with Crippen LogP contribution in [0.3, 0.4) is 0 Å². The van der Waals surface area contributed by atoms with E-state index in [0.717, 1.165) is 56.2 Å². The number of anilines is 4. The predicted molar refractivity (Wildman–Crippen MR) is 137 cm³/mol. The second kappa shape index (κ2) is 11.5. The summed E-state index contributed by atoms with van der Waals surface area (Å²) in [6, 6.07) is 4.01. The number of carbonyl (C=O) groups is 1. The third-order valence-corrected chi connectivity index (χ3v) is 6.53. The number of rotatable bonds is 13. The molecule has 2 aliphatic rings. The van der Waals surface area contributed by atoms with Crippen molar-refractivity contribution in [3.63, 3.8) is 0 Å². The van der Waals surface area contributed by atoms with Gasteiger partial charge in [0.25, 0.3) is 0 Å². The molecule has 9 heteroatoms. The number of aromatic nitrogens is 3. The van der Waals surface area contributed by atoms with Crippen LogP contribution in [0.1, 0.15) is 50.0 Å². The Morgan fingerprint density at radius 2 is 1.85 bits per heavy atom. The summed E-state index contributed by atoms with van der Waals surface area (Å²) in [4.78, 5) is 30.1. The molecule has 2 saturated carbocycles. The number of hydrogen-bond acceptors (Lipinski definition) is 8. The lowest BCUT2D eigenvalue weighted by atomic mass is 9.85. The lowest BCUT2D eigenvalue weighted by Crippen LogP contribution is -2.35. The maximum absolute atomic E-state index is 12.0. The minimum absolute atomic E-state index is 0.210. The first-order valence-electron chi connectivity index (χ1n) is 12.5. The molecule has 0 atom stereocenters. The zero-order valence-electron chi connectivity index (χ0n) is 20.7. The fourth-order valence-electron chi connectivity index (χ4n) is 3.89. The first kappa shape index (κ1) is 24.2. The summed E-state index contributed by atoms with van der Waals surface area (Å²) in [6.07, 6.45) is 10.3. The van der Waals surface area contributed by atoms with Gasteiger partial charge in [-0.05, 0) is 64.3 Å². The molecule has 0 radical (unpaired) electrons. The molecule has 9 nitrogen and oxygen atoms in total. The normalized spacial score (nSPS) is 15.6. The van der Waals surface area contributed by atoms with Gasteiger partial charge in [0, 0.05) is 50.9 Å². The zero-order valence-corrected chi connectivity index (χ0v) is 20.7. The van der Waals surface area contributed by atoms with Gasteiger partial charge in [-0.15, -0.1) is 0 Å². The lowest BCUT2D eigenvalue weighted by Gasteiger charge is -2.24. The Balaban J connectivity index is 1.30. The van der Waals surface area contributed by atoms with Gasteiger partial charge in [-0.25, -0.2) is 9.97 Å². The minimum Gasteiger partial charge on any atom is -0.370 e. The molecular weight excluding hydrogens is 428 g/mol. The lowest BCUT2D eigenvalue weighted by molar-refractivity contribution is -0.127. The Morgan fingerprint density at radius 3 is 2.50 bits per heavy atom. The van der Waals surface area contributed by atoms with Crippen LogP contribution in [-0.4, -0.2) is 73.1 Å². The molecular formula is C25H38N8O. The average Bonchev–Trinajstić information content (AvgIpc) is 3.62. The number of amides is 1. The Hall–Kier alpha value is -2.94. The predicted octanol–water partition coefficient (Wildman–Crippen LogP) is 3.21. The highest BCUT2D eigenvalue weighted by molar-refractivity contribution is 5.79. The molecule has 1 amide bonds. The Kier molecular flexibility index (Phi) is 8.16. The monoisotopic (exact) mass is 466 g/mol. The fourth-order valence-corrected chi connectivity index (χ4v) is 3.89. The SMILES string of the molecule is CN(C)CCN(C)c1ccc(Nc2ncc(C3CC3)c(NCCCNC(=O)C3CCC3)n2)cn1. The molecule has 34 heavy (non-hydrogen) atoms. The number of pyridine rings is 1. The molecule has 0 unspecified atom stereocenters. The molecule has 2 fully saturated rings. The van der Waals surface area contributed by atoms with Crippen molar-refractivity contribution in [2.24, 2.45) is 5.92 Å². The summed E-state index contributed by atoms with van der Waals surface area (Å²) in [5.74, 6) is 3.38. The smallest absolute Gasteiger partial charge is 0.229 e. The van der Waals surface area contributed by atoms with Crippen LogP contribution in [0.25, 0.3) is 0 Å². The Bertz CT molecular complexity index is 940. The van der Waals surface area contributed by atoms with Crippen molar-refractivity contribution in [1.82, 2.24) is 25.2 Å². The first-order valence-corrected chi connectivity index (χ1v) is 12.5. The Morgan fingerprint density at radius 1 is 1.03 bits per heavy atom. The van der Waals surface area contributed by atoms with E-state index in [1.807, 2.05) is 24.5 Å². The summed E-state index contributed by atoms with van der Waals surface area (Å²) < 4.78 is 0. The van der Waals surface area contributed by atoms with Crippen molar-refractivity contribution in [3.8, 4) is 0 Å². The topological polar surface area (TPSA) is 98.3 Å². The van der Waals surface area contributed by atoms with Gasteiger partial charge in [-0.2, -0.15) is 4.98 Å². The molecule has 2 aromatic rings. The molecule has 2 aliphatic carbocycles. The fraction of sp³-hybridized carbons (Fsp3) is 0.600. The zero-order chi connectivity index (χ0) is 23.9. The molecule has 184 valence electrons. The van der Waals surface area contributed by atoms with Crippen molar-refractivity contribution >= 4 is 29.2 Å². The molecule has 0 aliphatic heterocycles. The number of hydrogen-bond donors (Lipinski definition) is 3. The second-order valence-corrected chi connectivity index (χ2v) is 9.73. The van der Waals surface area contributed by atoms with Crippen molar-refractivity contribution in [2.75, 3.05) is 62.9 Å². The standard InChI is InChI=1S/C25H38N8O/c1-32(2)14-15-33(3)22-11-10-20(16-28-22)30-25-29-17-21(18-8-9-18)23(31-25)26-12-5-13-27-24(34)19-6-4-7-19/h10-11,16-19H,4-9,12-15H2,1-3H3,(H,27,34)(H2,26,29,30,31). The van der Waals surface area contributed by atoms with Gasteiger partial charge >= 0.3 is 0 Å². The number of likely N-dealkylation sites (N-methyl/N-ethyl adjacent to an activating group) is 2. The van der Waals surface area contributed by atoms with Gasteiger partial charge in [0.05, 0.1) is 11.9 Å². The van der Waals surface area contributed by atoms with Crippen molar-refractivity contribution < 1.29 is 4.79 Å². The van der Waals surface area contributed by atoms with Gasteiger partial charge in [0.2, 0.25) is 11.9 Å². The van der Waals surface area contributed by atoms with E-state index < -0.39 is 0 Å². The van der Waals surface area contributed by atoms with Gasteiger partial charge in [-0.3, -0.25) is 4.79 Å². The second-order valence-electron chi connectivity index (χ2n) is 9.73. The van der Waals surface area contributed by atoms with E-state index in [4.69, 9.17) is 4.98 Å². The van der Waals surface area contributed by atoms with Crippen LogP contribution < -0.4 is 20.9 Å². The van der Waals surface area contributed by atoms with Gasteiger partial charge in [-0.1, -0.05) is 6.42 Å². The summed E-state index contributed by atoms with van der Waals surface area (Å²) in [7, 11) is 6.19. The minimum atomic E-state index is 0.210. The van der Waals surface area contributed by atoms with Gasteiger partial charge in [0.1, 0.15) is 11.6 Å². The molecule has 4 rings (SSSR count). The summed E-state index contributed by atoms with van der Waals surface area (Å²) in [5.41, 5.74) is 2.04. The van der Waals surface area contributed by atoms with E-state index in [-0.39, 0.29) is 11.8 Å².